The average molecular weight is 385 g/mol. The molecule has 0 aliphatic rings. The molecule has 2 aromatic carbocycles. The molecule has 0 amide bonds. The van der Waals surface area contributed by atoms with Crippen LogP contribution < -0.4 is 0 Å². The zero-order valence-electron chi connectivity index (χ0n) is 10.8. The van der Waals surface area contributed by atoms with E-state index in [1.807, 2.05) is 18.2 Å². The summed E-state index contributed by atoms with van der Waals surface area (Å²) in [5, 5.41) is 0.855. The van der Waals surface area contributed by atoms with E-state index in [2.05, 4.69) is 15.9 Å². The molecule has 0 saturated heterocycles. The van der Waals surface area contributed by atoms with Crippen LogP contribution in [-0.2, 0) is 15.9 Å². The minimum Gasteiger partial charge on any atom is -0.241 e. The van der Waals surface area contributed by atoms with Crippen LogP contribution in [0.5, 0.6) is 0 Å². The van der Waals surface area contributed by atoms with Crippen LogP contribution in [0.3, 0.4) is 0 Å². The largest absolute Gasteiger partial charge is 0.268 e. The minimum absolute atomic E-state index is 0.243. The predicted octanol–water partition coefficient (Wildman–Crippen LogP) is 4.38. The molecule has 0 radical (unpaired) electrons. The van der Waals surface area contributed by atoms with Crippen LogP contribution in [0.25, 0.3) is 10.9 Å². The molecule has 1 heterocycles. The Hall–Kier alpha value is -1.30. The molecule has 6 heteroatoms. The fourth-order valence-corrected chi connectivity index (χ4v) is 4.11. The molecule has 108 valence electrons. The first kappa shape index (κ1) is 14.6. The van der Waals surface area contributed by atoms with Gasteiger partial charge in [0, 0.05) is 21.9 Å². The van der Waals surface area contributed by atoms with Gasteiger partial charge in [0.15, 0.2) is 0 Å². The number of benzene rings is 2. The van der Waals surface area contributed by atoms with Crippen molar-refractivity contribution in [2.75, 3.05) is 0 Å². The first-order valence-corrected chi connectivity index (χ1v) is 8.97. The second kappa shape index (κ2) is 5.48. The van der Waals surface area contributed by atoms with E-state index >= 15 is 0 Å². The van der Waals surface area contributed by atoms with Gasteiger partial charge in [0.05, 0.1) is 10.4 Å². The Kier molecular flexibility index (Phi) is 3.82. The van der Waals surface area contributed by atoms with Crippen molar-refractivity contribution in [2.45, 2.75) is 10.8 Å². The van der Waals surface area contributed by atoms with E-state index < -0.39 is 10.0 Å². The van der Waals surface area contributed by atoms with Crippen LogP contribution in [0, 0.1) is 0 Å². The Balaban J connectivity index is 2.26. The molecule has 0 bridgehead atoms. The van der Waals surface area contributed by atoms with Crippen molar-refractivity contribution in [3.05, 3.63) is 64.8 Å². The Bertz CT molecular complexity index is 901. The average Bonchev–Trinajstić information content (AvgIpc) is 2.87. The highest BCUT2D eigenvalue weighted by molar-refractivity contribution is 9.10. The number of hydrogen-bond donors (Lipinski definition) is 0. The number of rotatable bonds is 3. The molecule has 3 nitrogen and oxygen atoms in total. The number of alkyl halides is 1. The number of halogens is 2. The van der Waals surface area contributed by atoms with E-state index in [1.165, 1.54) is 3.97 Å². The van der Waals surface area contributed by atoms with Gasteiger partial charge in [0.2, 0.25) is 0 Å². The highest BCUT2D eigenvalue weighted by atomic mass is 79.9. The van der Waals surface area contributed by atoms with Gasteiger partial charge in [-0.25, -0.2) is 12.4 Å². The maximum atomic E-state index is 12.8. The van der Waals surface area contributed by atoms with Gasteiger partial charge in [0.1, 0.15) is 0 Å². The lowest BCUT2D eigenvalue weighted by molar-refractivity contribution is 0.589. The predicted molar refractivity (Wildman–Crippen MR) is 88.2 cm³/mol. The summed E-state index contributed by atoms with van der Waals surface area (Å²) >= 11 is 9.23. The summed E-state index contributed by atoms with van der Waals surface area (Å²) in [5.41, 5.74) is 1.43. The summed E-state index contributed by atoms with van der Waals surface area (Å²) in [7, 11) is -3.63. The lowest BCUT2D eigenvalue weighted by Gasteiger charge is -2.07. The van der Waals surface area contributed by atoms with Gasteiger partial charge in [-0.15, -0.1) is 11.6 Å². The third-order valence-corrected chi connectivity index (χ3v) is 5.78. The maximum absolute atomic E-state index is 12.8. The van der Waals surface area contributed by atoms with Gasteiger partial charge < -0.3 is 0 Å². The van der Waals surface area contributed by atoms with Crippen LogP contribution in [0.4, 0.5) is 0 Å². The summed E-state index contributed by atoms with van der Waals surface area (Å²) in [6, 6.07) is 13.9. The van der Waals surface area contributed by atoms with Gasteiger partial charge >= 0.3 is 0 Å². The molecule has 0 unspecified atom stereocenters. The van der Waals surface area contributed by atoms with Crippen molar-refractivity contribution >= 4 is 48.5 Å². The SMILES string of the molecule is O=S(=O)(c1ccc(Br)cc1)n1cc(CCl)c2ccccc21. The fourth-order valence-electron chi connectivity index (χ4n) is 2.24. The quantitative estimate of drug-likeness (QED) is 0.629. The van der Waals surface area contributed by atoms with Gasteiger partial charge in [-0.1, -0.05) is 34.1 Å². The second-order valence-corrected chi connectivity index (χ2v) is 7.56. The lowest BCUT2D eigenvalue weighted by Crippen LogP contribution is -2.11. The highest BCUT2D eigenvalue weighted by Crippen LogP contribution is 2.27. The third-order valence-electron chi connectivity index (χ3n) is 3.27. The zero-order chi connectivity index (χ0) is 15.0. The first-order valence-electron chi connectivity index (χ1n) is 6.20. The first-order chi connectivity index (χ1) is 10.0. The number of para-hydroxylation sites is 1. The fraction of sp³-hybridized carbons (Fsp3) is 0.0667. The lowest BCUT2D eigenvalue weighted by atomic mass is 10.2. The normalized spacial score (nSPS) is 11.9. The van der Waals surface area contributed by atoms with E-state index in [1.54, 1.807) is 36.5 Å². The Morgan fingerprint density at radius 2 is 1.71 bits per heavy atom. The molecular weight excluding hydrogens is 374 g/mol. The maximum Gasteiger partial charge on any atom is 0.268 e. The van der Waals surface area contributed by atoms with E-state index in [0.29, 0.717) is 5.52 Å². The van der Waals surface area contributed by atoms with Crippen molar-refractivity contribution < 1.29 is 8.42 Å². The summed E-state index contributed by atoms with van der Waals surface area (Å²) in [6.45, 7) is 0. The number of hydrogen-bond acceptors (Lipinski definition) is 2. The summed E-state index contributed by atoms with van der Waals surface area (Å²) in [4.78, 5) is 0.243. The third kappa shape index (κ3) is 2.50. The van der Waals surface area contributed by atoms with E-state index in [9.17, 15) is 8.42 Å². The number of fused-ring (bicyclic) bond motifs is 1. The Labute approximate surface area is 136 Å². The van der Waals surface area contributed by atoms with Crippen LogP contribution in [-0.4, -0.2) is 12.4 Å². The van der Waals surface area contributed by atoms with E-state index in [4.69, 9.17) is 11.6 Å². The van der Waals surface area contributed by atoms with Crippen LogP contribution in [0.2, 0.25) is 0 Å². The standard InChI is InChI=1S/C15H11BrClNO2S/c16-12-5-7-13(8-6-12)21(19,20)18-10-11(9-17)14-3-1-2-4-15(14)18/h1-8,10H,9H2. The van der Waals surface area contributed by atoms with Crippen molar-refractivity contribution in [3.8, 4) is 0 Å². The molecule has 0 fully saturated rings. The van der Waals surface area contributed by atoms with Gasteiger partial charge in [-0.3, -0.25) is 0 Å². The minimum atomic E-state index is -3.63. The van der Waals surface area contributed by atoms with E-state index in [-0.39, 0.29) is 10.8 Å². The van der Waals surface area contributed by atoms with Gasteiger partial charge in [-0.2, -0.15) is 0 Å². The Morgan fingerprint density at radius 3 is 2.38 bits per heavy atom. The molecule has 0 aliphatic carbocycles. The van der Waals surface area contributed by atoms with Crippen LogP contribution in [0.1, 0.15) is 5.56 Å². The Morgan fingerprint density at radius 1 is 1.05 bits per heavy atom. The van der Waals surface area contributed by atoms with Crippen molar-refractivity contribution in [1.82, 2.24) is 3.97 Å². The molecule has 0 atom stereocenters. The summed E-state index contributed by atoms with van der Waals surface area (Å²) < 4.78 is 27.7. The van der Waals surface area contributed by atoms with E-state index in [0.717, 1.165) is 15.4 Å². The smallest absolute Gasteiger partial charge is 0.241 e. The molecule has 0 N–H and O–H groups in total. The molecule has 3 aromatic rings. The molecule has 0 spiro atoms. The molecular formula is C15H11BrClNO2S. The molecule has 21 heavy (non-hydrogen) atoms. The molecule has 0 saturated carbocycles. The van der Waals surface area contributed by atoms with Crippen molar-refractivity contribution in [2.24, 2.45) is 0 Å². The number of aromatic nitrogens is 1. The van der Waals surface area contributed by atoms with Gasteiger partial charge in [0.25, 0.3) is 10.0 Å². The van der Waals surface area contributed by atoms with Crippen molar-refractivity contribution in [1.29, 1.82) is 0 Å². The van der Waals surface area contributed by atoms with Crippen molar-refractivity contribution in [3.63, 3.8) is 0 Å². The highest BCUT2D eigenvalue weighted by Gasteiger charge is 2.20. The molecule has 0 aliphatic heterocycles. The zero-order valence-corrected chi connectivity index (χ0v) is 14.0. The van der Waals surface area contributed by atoms with Gasteiger partial charge in [-0.05, 0) is 35.9 Å². The monoisotopic (exact) mass is 383 g/mol. The topological polar surface area (TPSA) is 39.1 Å². The summed E-state index contributed by atoms with van der Waals surface area (Å²) in [6.07, 6.45) is 1.59. The number of nitrogens with zero attached hydrogens (tertiary/aromatic N) is 1. The molecule has 3 rings (SSSR count). The van der Waals surface area contributed by atoms with Crippen LogP contribution >= 0.6 is 27.5 Å². The molecule has 1 aromatic heterocycles. The second-order valence-electron chi connectivity index (χ2n) is 4.56. The van der Waals surface area contributed by atoms with Crippen LogP contribution in [0.15, 0.2) is 64.1 Å². The summed E-state index contributed by atoms with van der Waals surface area (Å²) in [5.74, 6) is 0.267.